The molecule has 0 fully saturated rings. The van der Waals surface area contributed by atoms with Crippen molar-refractivity contribution in [1.82, 2.24) is 0 Å². The Hall–Kier alpha value is -1.25. The van der Waals surface area contributed by atoms with E-state index in [1.165, 1.54) is 12.1 Å². The van der Waals surface area contributed by atoms with Crippen LogP contribution < -0.4 is 4.57 Å². The molecule has 1 aromatic rings. The summed E-state index contributed by atoms with van der Waals surface area (Å²) < 4.78 is 1.62. The first-order valence-electron chi connectivity index (χ1n) is 3.15. The fourth-order valence-electron chi connectivity index (χ4n) is 0.773. The average molecular weight is 140 g/mol. The normalized spacial score (nSPS) is 9.70. The molecule has 0 amide bonds. The molecule has 0 saturated carbocycles. The van der Waals surface area contributed by atoms with Crippen molar-refractivity contribution < 1.29 is 14.8 Å². The molecule has 0 saturated heterocycles. The molecule has 0 atom stereocenters. The maximum absolute atomic E-state index is 9.09. The monoisotopic (exact) mass is 140 g/mol. The van der Waals surface area contributed by atoms with E-state index < -0.39 is 0 Å². The average Bonchev–Trinajstić information content (AvgIpc) is 1.88. The van der Waals surface area contributed by atoms with E-state index in [4.69, 9.17) is 10.2 Å². The third-order valence-corrected chi connectivity index (χ3v) is 1.34. The van der Waals surface area contributed by atoms with Gasteiger partial charge < -0.3 is 10.2 Å². The number of hydrogen-bond acceptors (Lipinski definition) is 2. The molecule has 0 aliphatic heterocycles. The van der Waals surface area contributed by atoms with E-state index in [0.717, 1.165) is 0 Å². The van der Waals surface area contributed by atoms with Crippen molar-refractivity contribution in [2.45, 2.75) is 13.5 Å². The molecular formula is C7H10NO2+. The zero-order valence-electron chi connectivity index (χ0n) is 5.78. The van der Waals surface area contributed by atoms with Crippen molar-refractivity contribution in [3.8, 4) is 11.6 Å². The van der Waals surface area contributed by atoms with Crippen molar-refractivity contribution in [2.75, 3.05) is 0 Å². The Morgan fingerprint density at radius 1 is 1.50 bits per heavy atom. The lowest BCUT2D eigenvalue weighted by atomic mass is 10.4. The van der Waals surface area contributed by atoms with Crippen molar-refractivity contribution in [3.63, 3.8) is 0 Å². The number of aromatic nitrogens is 1. The lowest BCUT2D eigenvalue weighted by Gasteiger charge is -1.93. The summed E-state index contributed by atoms with van der Waals surface area (Å²) in [7, 11) is 0. The molecule has 0 aromatic carbocycles. The summed E-state index contributed by atoms with van der Waals surface area (Å²) in [6.45, 7) is 2.61. The number of pyridine rings is 1. The van der Waals surface area contributed by atoms with Gasteiger partial charge in [-0.3, -0.25) is 0 Å². The van der Waals surface area contributed by atoms with Crippen LogP contribution in [0.25, 0.3) is 0 Å². The molecule has 1 heterocycles. The summed E-state index contributed by atoms with van der Waals surface area (Å²) in [6, 6.07) is 2.84. The van der Waals surface area contributed by atoms with Crippen LogP contribution in [0, 0.1) is 0 Å². The van der Waals surface area contributed by atoms with Gasteiger partial charge in [-0.15, -0.1) is 0 Å². The van der Waals surface area contributed by atoms with Crippen LogP contribution in [0.4, 0.5) is 0 Å². The van der Waals surface area contributed by atoms with Crippen LogP contribution in [0.3, 0.4) is 0 Å². The van der Waals surface area contributed by atoms with E-state index in [9.17, 15) is 0 Å². The van der Waals surface area contributed by atoms with Crippen LogP contribution in [-0.4, -0.2) is 10.2 Å². The molecular weight excluding hydrogens is 130 g/mol. The van der Waals surface area contributed by atoms with Crippen molar-refractivity contribution >= 4 is 0 Å². The first-order chi connectivity index (χ1) is 4.74. The predicted octanol–water partition coefficient (Wildman–Crippen LogP) is 0.405. The number of hydrogen-bond donors (Lipinski definition) is 2. The highest BCUT2D eigenvalue weighted by molar-refractivity contribution is 5.19. The number of rotatable bonds is 1. The molecule has 1 rings (SSSR count). The summed E-state index contributed by atoms with van der Waals surface area (Å²) in [5.74, 6) is 0.171. The number of aromatic hydroxyl groups is 2. The zero-order chi connectivity index (χ0) is 7.56. The van der Waals surface area contributed by atoms with E-state index in [0.29, 0.717) is 6.54 Å². The van der Waals surface area contributed by atoms with Crippen molar-refractivity contribution in [2.24, 2.45) is 0 Å². The Morgan fingerprint density at radius 3 is 2.70 bits per heavy atom. The van der Waals surface area contributed by atoms with E-state index in [-0.39, 0.29) is 11.6 Å². The van der Waals surface area contributed by atoms with Gasteiger partial charge in [0.1, 0.15) is 12.3 Å². The van der Waals surface area contributed by atoms with Gasteiger partial charge in [0.2, 0.25) is 0 Å². The molecule has 3 heteroatoms. The minimum absolute atomic E-state index is 0.0854. The predicted molar refractivity (Wildman–Crippen MR) is 35.6 cm³/mol. The fraction of sp³-hybridized carbons (Fsp3) is 0.286. The quantitative estimate of drug-likeness (QED) is 0.555. The van der Waals surface area contributed by atoms with Crippen LogP contribution in [0.15, 0.2) is 18.3 Å². The summed E-state index contributed by atoms with van der Waals surface area (Å²) in [4.78, 5) is 0. The summed E-state index contributed by atoms with van der Waals surface area (Å²) in [5.41, 5.74) is 0. The highest BCUT2D eigenvalue weighted by atomic mass is 16.3. The maximum atomic E-state index is 9.09. The topological polar surface area (TPSA) is 44.3 Å². The third-order valence-electron chi connectivity index (χ3n) is 1.34. The molecule has 0 radical (unpaired) electrons. The number of nitrogens with zero attached hydrogens (tertiary/aromatic N) is 1. The molecule has 0 aliphatic rings. The van der Waals surface area contributed by atoms with Gasteiger partial charge in [-0.25, -0.2) is 0 Å². The summed E-state index contributed by atoms with van der Waals surface area (Å²) in [6.07, 6.45) is 1.63. The molecule has 0 spiro atoms. The Labute approximate surface area is 59.2 Å². The zero-order valence-corrected chi connectivity index (χ0v) is 5.78. The van der Waals surface area contributed by atoms with Crippen molar-refractivity contribution in [1.29, 1.82) is 0 Å². The van der Waals surface area contributed by atoms with Gasteiger partial charge in [0.05, 0.1) is 6.07 Å². The van der Waals surface area contributed by atoms with E-state index >= 15 is 0 Å². The largest absolute Gasteiger partial charge is 0.507 e. The fourth-order valence-corrected chi connectivity index (χ4v) is 0.773. The maximum Gasteiger partial charge on any atom is 0.369 e. The molecule has 1 aromatic heterocycles. The lowest BCUT2D eigenvalue weighted by molar-refractivity contribution is -0.699. The highest BCUT2D eigenvalue weighted by Gasteiger charge is 2.05. The Bertz CT molecular complexity index is 235. The van der Waals surface area contributed by atoms with E-state index in [2.05, 4.69) is 0 Å². The SMILES string of the molecule is CC[n+]1ccc(O)cc1O. The molecule has 2 N–H and O–H groups in total. The minimum Gasteiger partial charge on any atom is -0.507 e. The van der Waals surface area contributed by atoms with Gasteiger partial charge in [-0.1, -0.05) is 0 Å². The van der Waals surface area contributed by atoms with Crippen molar-refractivity contribution in [3.05, 3.63) is 18.3 Å². The van der Waals surface area contributed by atoms with Crippen LogP contribution >= 0.6 is 0 Å². The second-order valence-corrected chi connectivity index (χ2v) is 2.03. The van der Waals surface area contributed by atoms with Gasteiger partial charge in [-0.2, -0.15) is 4.57 Å². The molecule has 0 aliphatic carbocycles. The summed E-state index contributed by atoms with van der Waals surface area (Å²) >= 11 is 0. The Morgan fingerprint density at radius 2 is 2.20 bits per heavy atom. The summed E-state index contributed by atoms with van der Waals surface area (Å²) in [5, 5.41) is 18.0. The third kappa shape index (κ3) is 1.18. The van der Waals surface area contributed by atoms with Gasteiger partial charge >= 0.3 is 5.88 Å². The molecule has 54 valence electrons. The van der Waals surface area contributed by atoms with Crippen LogP contribution in [0.1, 0.15) is 6.92 Å². The van der Waals surface area contributed by atoms with Gasteiger partial charge in [0.15, 0.2) is 6.20 Å². The smallest absolute Gasteiger partial charge is 0.369 e. The van der Waals surface area contributed by atoms with E-state index in [1.54, 1.807) is 10.8 Å². The first-order valence-corrected chi connectivity index (χ1v) is 3.15. The second-order valence-electron chi connectivity index (χ2n) is 2.03. The van der Waals surface area contributed by atoms with Crippen LogP contribution in [-0.2, 0) is 6.54 Å². The standard InChI is InChI=1S/C7H9NO2/c1-2-8-4-3-6(9)5-7(8)10/h3-5H,2H2,1H3,(H,9,10)/p+1. The Kier molecular flexibility index (Phi) is 1.76. The number of aryl methyl sites for hydroxylation is 1. The van der Waals surface area contributed by atoms with Gasteiger partial charge in [0, 0.05) is 6.07 Å². The highest BCUT2D eigenvalue weighted by Crippen LogP contribution is 2.10. The molecule has 10 heavy (non-hydrogen) atoms. The molecule has 0 bridgehead atoms. The first kappa shape index (κ1) is 6.86. The minimum atomic E-state index is 0.0854. The molecule has 3 nitrogen and oxygen atoms in total. The molecule has 0 unspecified atom stereocenters. The van der Waals surface area contributed by atoms with Crippen LogP contribution in [0.2, 0.25) is 0 Å². The van der Waals surface area contributed by atoms with Gasteiger partial charge in [0.25, 0.3) is 0 Å². The Balaban J connectivity index is 3.07. The van der Waals surface area contributed by atoms with Crippen LogP contribution in [0.5, 0.6) is 11.6 Å². The second kappa shape index (κ2) is 2.56. The van der Waals surface area contributed by atoms with Gasteiger partial charge in [-0.05, 0) is 6.92 Å². The lowest BCUT2D eigenvalue weighted by Crippen LogP contribution is -2.31. The van der Waals surface area contributed by atoms with E-state index in [1.807, 2.05) is 6.92 Å².